The number of ether oxygens (including phenoxy) is 2. The lowest BCUT2D eigenvalue weighted by Crippen LogP contribution is -2.43. The molecule has 6 amide bonds. The highest BCUT2D eigenvalue weighted by Gasteiger charge is 2.42. The van der Waals surface area contributed by atoms with E-state index in [0.29, 0.717) is 90.8 Å². The van der Waals surface area contributed by atoms with Crippen LogP contribution in [0.15, 0.2) is 188 Å². The number of hydrogen-bond donors (Lipinski definition) is 2. The van der Waals surface area contributed by atoms with Gasteiger partial charge in [0.05, 0.1) is 45.3 Å². The molecule has 126 heavy (non-hydrogen) atoms. The lowest BCUT2D eigenvalue weighted by atomic mass is 9.82. The minimum absolute atomic E-state index is 0.165. The molecule has 0 radical (unpaired) electrons. The molecule has 8 bridgehead atoms. The van der Waals surface area contributed by atoms with Crippen molar-refractivity contribution in [2.45, 2.75) is 196 Å². The van der Waals surface area contributed by atoms with Crippen molar-refractivity contribution >= 4 is 147 Å². The summed E-state index contributed by atoms with van der Waals surface area (Å²) in [5.74, 6) is -1.15. The van der Waals surface area contributed by atoms with Gasteiger partial charge in [-0.1, -0.05) is 219 Å². The molecule has 3 aromatic heterocycles. The van der Waals surface area contributed by atoms with E-state index in [1.165, 1.54) is 20.3 Å². The van der Waals surface area contributed by atoms with Gasteiger partial charge in [-0.15, -0.1) is 0 Å². The van der Waals surface area contributed by atoms with Crippen LogP contribution in [-0.2, 0) is 30.1 Å². The second-order valence-electron chi connectivity index (χ2n) is 36.8. The number of amides is 6. The number of rotatable bonds is 27. The summed E-state index contributed by atoms with van der Waals surface area (Å²) < 4.78 is 14.6. The zero-order valence-corrected chi connectivity index (χ0v) is 73.6. The Morgan fingerprint density at radius 2 is 0.690 bits per heavy atom. The Labute approximate surface area is 734 Å². The number of fused-ring (bicyclic) bond motifs is 10. The number of nitrogens with zero attached hydrogens (tertiary/aromatic N) is 5. The third-order valence-corrected chi connectivity index (χ3v) is 26.4. The highest BCUT2D eigenvalue weighted by Crippen LogP contribution is 2.54. The van der Waals surface area contributed by atoms with Crippen LogP contribution in [0.1, 0.15) is 278 Å². The molecule has 8 heterocycles. The first-order valence-electron chi connectivity index (χ1n) is 45.5. The molecule has 5 aliphatic heterocycles. The van der Waals surface area contributed by atoms with Gasteiger partial charge in [0.1, 0.15) is 23.0 Å². The fourth-order valence-corrected chi connectivity index (χ4v) is 19.7. The van der Waals surface area contributed by atoms with Gasteiger partial charge in [0, 0.05) is 105 Å². The predicted molar refractivity (Wildman–Crippen MR) is 512 cm³/mol. The number of unbranched alkanes of at least 4 members (excludes halogenated alkanes) is 11. The van der Waals surface area contributed by atoms with Gasteiger partial charge in [-0.2, -0.15) is 0 Å². The smallest absolute Gasteiger partial charge is 0.266 e. The van der Waals surface area contributed by atoms with Gasteiger partial charge in [-0.3, -0.25) is 33.7 Å². The molecule has 0 aliphatic carbocycles. The fraction of sp³-hybridized carbons (Fsp3) is 0.279. The van der Waals surface area contributed by atoms with E-state index in [0.717, 1.165) is 220 Å². The number of H-pyrrole nitrogens is 2. The molecule has 0 atom stereocenters. The number of carbonyl (C=O) groups excluding carboxylic acids is 6. The predicted octanol–water partition coefficient (Wildman–Crippen LogP) is 28.1. The Hall–Kier alpha value is -13.4. The first kappa shape index (κ1) is 82.2. The van der Waals surface area contributed by atoms with E-state index in [9.17, 15) is 19.2 Å². The minimum atomic E-state index is -0.563. The molecular formula is C111H105N7O8. The van der Waals surface area contributed by atoms with Crippen LogP contribution in [0.5, 0.6) is 23.0 Å². The number of carbonyl (C=O) groups is 6. The summed E-state index contributed by atoms with van der Waals surface area (Å²) >= 11 is 0. The Balaban J connectivity index is 0.742. The zero-order valence-electron chi connectivity index (χ0n) is 73.6. The standard InChI is InChI=1S/C111H105N7O8/c1-11-15-19-20-21-25-62-116-104(119)80-50-52-82-99-83(53-51-81(98(80)99)105(116)120)107(122)117(106(82)121)69-40-32-65(33-41-69)73-48-49-79-97-74(73)30-26-31-78(97)101-94(125-71-44-36-67(37-45-71)110(5,6)7)63-84-100-85(64-95(102(79)103(100)101)126-72-46-38-68(39-47-72)111(8,9)10)109(124)118(108(84)123)70-42-34-66(35-43-70)96-92-60-58-90(114-92)76(28-23-17-13-3)88-56-54-86(112-88)75(27-22-16-12-2)87-55-57-89(113-87)77(29-24-18-14-4)91-59-61-93(96)115-91/h26,30-61,63-64,112,115H,11-25,27-29,62H2,1-10H3. The van der Waals surface area contributed by atoms with E-state index in [2.05, 4.69) is 176 Å². The molecule has 14 aromatic rings. The molecule has 0 spiro atoms. The molecule has 19 rings (SSSR count). The molecule has 0 fully saturated rings. The lowest BCUT2D eigenvalue weighted by Gasteiger charge is -2.32. The number of aromatic amines is 2. The van der Waals surface area contributed by atoms with Gasteiger partial charge < -0.3 is 19.4 Å². The van der Waals surface area contributed by atoms with Crippen LogP contribution >= 0.6 is 0 Å². The van der Waals surface area contributed by atoms with Crippen LogP contribution in [0, 0.1) is 0 Å². The zero-order chi connectivity index (χ0) is 87.1. The topological polar surface area (TPSA) is 188 Å². The fourth-order valence-electron chi connectivity index (χ4n) is 19.7. The number of aryl methyl sites for hydroxylation is 3. The van der Waals surface area contributed by atoms with Crippen LogP contribution in [0.25, 0.3) is 122 Å². The summed E-state index contributed by atoms with van der Waals surface area (Å²) in [5.41, 5.74) is 18.7. The molecule has 5 aliphatic rings. The van der Waals surface area contributed by atoms with Crippen molar-refractivity contribution in [3.05, 3.63) is 272 Å². The monoisotopic (exact) mass is 1660 g/mol. The van der Waals surface area contributed by atoms with Gasteiger partial charge in [0.15, 0.2) is 0 Å². The van der Waals surface area contributed by atoms with Gasteiger partial charge in [-0.05, 0) is 239 Å². The highest BCUT2D eigenvalue weighted by atomic mass is 16.5. The molecule has 15 nitrogen and oxygen atoms in total. The van der Waals surface area contributed by atoms with Gasteiger partial charge in [0.2, 0.25) is 0 Å². The van der Waals surface area contributed by atoms with Crippen LogP contribution in [0.3, 0.4) is 0 Å². The van der Waals surface area contributed by atoms with Gasteiger partial charge >= 0.3 is 0 Å². The maximum Gasteiger partial charge on any atom is 0.266 e. The second-order valence-corrected chi connectivity index (χ2v) is 36.8. The molecule has 15 heteroatoms. The van der Waals surface area contributed by atoms with E-state index in [-0.39, 0.29) is 33.1 Å². The highest BCUT2D eigenvalue weighted by molar-refractivity contribution is 6.45. The largest absolute Gasteiger partial charge is 0.457 e. The molecule has 0 unspecified atom stereocenters. The van der Waals surface area contributed by atoms with E-state index in [4.69, 9.17) is 19.4 Å². The van der Waals surface area contributed by atoms with Crippen molar-refractivity contribution in [3.63, 3.8) is 0 Å². The van der Waals surface area contributed by atoms with E-state index in [1.807, 2.05) is 78.9 Å². The number of imide groups is 3. The van der Waals surface area contributed by atoms with Crippen molar-refractivity contribution in [2.24, 2.45) is 0 Å². The first-order valence-corrected chi connectivity index (χ1v) is 45.5. The Morgan fingerprint density at radius 3 is 1.16 bits per heavy atom. The second kappa shape index (κ2) is 33.3. The number of benzene rings is 11. The average Bonchev–Trinajstić information content (AvgIpc) is 0.917. The number of aromatic nitrogens is 4. The summed E-state index contributed by atoms with van der Waals surface area (Å²) in [5, 5.41) is 6.42. The van der Waals surface area contributed by atoms with Crippen molar-refractivity contribution in [3.8, 4) is 45.3 Å². The van der Waals surface area contributed by atoms with Crippen molar-refractivity contribution in [1.29, 1.82) is 0 Å². The normalized spacial score (nSPS) is 13.9. The molecule has 11 aromatic carbocycles. The molecule has 2 N–H and O–H groups in total. The number of anilines is 2. The Bertz CT molecular complexity index is 6860. The van der Waals surface area contributed by atoms with E-state index < -0.39 is 35.4 Å². The summed E-state index contributed by atoms with van der Waals surface area (Å²) in [6, 6.07) is 60.5. The van der Waals surface area contributed by atoms with Crippen molar-refractivity contribution < 1.29 is 38.2 Å². The Morgan fingerprint density at radius 1 is 0.317 bits per heavy atom. The van der Waals surface area contributed by atoms with Gasteiger partial charge in [0.25, 0.3) is 35.4 Å². The molecule has 0 saturated carbocycles. The van der Waals surface area contributed by atoms with Crippen molar-refractivity contribution in [2.75, 3.05) is 16.3 Å². The summed E-state index contributed by atoms with van der Waals surface area (Å²) in [6.07, 6.45) is 26.9. The van der Waals surface area contributed by atoms with Crippen LogP contribution in [0.2, 0.25) is 0 Å². The molecule has 0 saturated heterocycles. The summed E-state index contributed by atoms with van der Waals surface area (Å²) in [6.45, 7) is 22.2. The van der Waals surface area contributed by atoms with E-state index in [1.54, 1.807) is 36.4 Å². The number of hydrogen-bond acceptors (Lipinski definition) is 10. The third kappa shape index (κ3) is 14.5. The molecule has 632 valence electrons. The summed E-state index contributed by atoms with van der Waals surface area (Å²) in [4.78, 5) is 114. The lowest BCUT2D eigenvalue weighted by molar-refractivity contribution is 0.0605. The minimum Gasteiger partial charge on any atom is -0.457 e. The first-order chi connectivity index (χ1) is 61.1. The molecular weight excluding hydrogens is 1560 g/mol. The quantitative estimate of drug-likeness (QED) is 0.0217. The average molecular weight is 1670 g/mol. The summed E-state index contributed by atoms with van der Waals surface area (Å²) in [7, 11) is 0. The maximum absolute atomic E-state index is 16.4. The third-order valence-electron chi connectivity index (χ3n) is 26.4. The van der Waals surface area contributed by atoms with Crippen LogP contribution < -0.4 is 19.3 Å². The Kier molecular flexibility index (Phi) is 21.7. The number of nitrogens with one attached hydrogen (secondary N) is 2. The van der Waals surface area contributed by atoms with Crippen molar-refractivity contribution in [1.82, 2.24) is 24.8 Å². The van der Waals surface area contributed by atoms with Crippen LogP contribution in [-0.4, -0.2) is 66.8 Å². The van der Waals surface area contributed by atoms with E-state index >= 15 is 9.59 Å². The SMILES string of the molecule is CCCCCCCCN1C(=O)c2ccc3c4c(ccc(c24)C1=O)C(=O)N(c1ccc(-c2ccc4c5c(Oc6ccc(C(C)(C)C)cc6)cc6c7c(cc(Oc8ccc(C(C)(C)C)cc8)c(c8cccc2c84)c75)C(=O)N(c2ccc(-c4c5nc(c(CCCCC)c7ccc([nH]7)c(CCCCC)c7nc(c(CCCCC)c8ccc4[nH]8)C=C7)C=C5)cc2)C6=O)cc1)C3=O. The van der Waals surface area contributed by atoms with Crippen LogP contribution in [0.4, 0.5) is 11.4 Å². The maximum atomic E-state index is 16.4. The van der Waals surface area contributed by atoms with Gasteiger partial charge in [-0.25, -0.2) is 19.8 Å².